The van der Waals surface area contributed by atoms with E-state index in [9.17, 15) is 0 Å². The van der Waals surface area contributed by atoms with Crippen molar-refractivity contribution in [1.29, 1.82) is 0 Å². The van der Waals surface area contributed by atoms with Gasteiger partial charge in [0.2, 0.25) is 0 Å². The monoisotopic (exact) mass is 255 g/mol. The molecule has 1 aliphatic carbocycles. The van der Waals surface area contributed by atoms with E-state index >= 15 is 0 Å². The van der Waals surface area contributed by atoms with Gasteiger partial charge in [0, 0.05) is 11.6 Å². The molecule has 0 aromatic carbocycles. The first kappa shape index (κ1) is 9.99. The van der Waals surface area contributed by atoms with Crippen LogP contribution in [0, 0.1) is 0 Å². The zero-order chi connectivity index (χ0) is 9.97. The fourth-order valence-electron chi connectivity index (χ4n) is 1.89. The normalized spacial score (nSPS) is 18.3. The van der Waals surface area contributed by atoms with Crippen LogP contribution in [0.1, 0.15) is 37.3 Å². The molecular weight excluding hydrogens is 242 g/mol. The van der Waals surface area contributed by atoms with E-state index in [2.05, 4.69) is 22.0 Å². The number of furan rings is 1. The topological polar surface area (TPSA) is 39.2 Å². The molecule has 0 spiro atoms. The van der Waals surface area contributed by atoms with Gasteiger partial charge in [0.05, 0.1) is 6.26 Å². The van der Waals surface area contributed by atoms with Crippen LogP contribution in [0.25, 0.3) is 0 Å². The van der Waals surface area contributed by atoms with Gasteiger partial charge in [0.15, 0.2) is 4.67 Å². The van der Waals surface area contributed by atoms with Crippen molar-refractivity contribution in [1.82, 2.24) is 0 Å². The van der Waals surface area contributed by atoms with Crippen LogP contribution in [0.4, 0.5) is 0 Å². The molecule has 3 heteroatoms. The Morgan fingerprint density at radius 3 is 3.00 bits per heavy atom. The van der Waals surface area contributed by atoms with Gasteiger partial charge in [-0.2, -0.15) is 0 Å². The minimum atomic E-state index is 0.0625. The highest BCUT2D eigenvalue weighted by Crippen LogP contribution is 2.30. The van der Waals surface area contributed by atoms with Gasteiger partial charge in [-0.15, -0.1) is 0 Å². The summed E-state index contributed by atoms with van der Waals surface area (Å²) < 4.78 is 5.93. The van der Waals surface area contributed by atoms with E-state index in [1.165, 1.54) is 24.8 Å². The Morgan fingerprint density at radius 2 is 2.43 bits per heavy atom. The van der Waals surface area contributed by atoms with Crippen molar-refractivity contribution in [2.75, 3.05) is 0 Å². The second-order valence-corrected chi connectivity index (χ2v) is 4.44. The number of halogens is 1. The predicted molar refractivity (Wildman–Crippen MR) is 59.9 cm³/mol. The predicted octanol–water partition coefficient (Wildman–Crippen LogP) is 3.54. The van der Waals surface area contributed by atoms with E-state index < -0.39 is 0 Å². The Balaban J connectivity index is 2.02. The van der Waals surface area contributed by atoms with Gasteiger partial charge in [0.1, 0.15) is 0 Å². The molecule has 76 valence electrons. The molecule has 2 N–H and O–H groups in total. The van der Waals surface area contributed by atoms with E-state index in [-0.39, 0.29) is 6.04 Å². The van der Waals surface area contributed by atoms with Gasteiger partial charge in [-0.3, -0.25) is 0 Å². The summed E-state index contributed by atoms with van der Waals surface area (Å²) in [6, 6.07) is 2.00. The molecule has 0 radical (unpaired) electrons. The van der Waals surface area contributed by atoms with Gasteiger partial charge >= 0.3 is 0 Å². The van der Waals surface area contributed by atoms with Crippen LogP contribution in [0.15, 0.2) is 33.1 Å². The SMILES string of the molecule is NC(CC1=CCCC1)c1ccoc1Br. The van der Waals surface area contributed by atoms with Crippen molar-refractivity contribution in [3.8, 4) is 0 Å². The third-order valence-corrected chi connectivity index (χ3v) is 3.31. The molecule has 1 aromatic rings. The van der Waals surface area contributed by atoms with Crippen LogP contribution >= 0.6 is 15.9 Å². The van der Waals surface area contributed by atoms with E-state index in [4.69, 9.17) is 10.2 Å². The highest BCUT2D eigenvalue weighted by Gasteiger charge is 2.15. The summed E-state index contributed by atoms with van der Waals surface area (Å²) in [7, 11) is 0. The number of rotatable bonds is 3. The lowest BCUT2D eigenvalue weighted by atomic mass is 10.0. The van der Waals surface area contributed by atoms with E-state index in [0.717, 1.165) is 16.7 Å². The summed E-state index contributed by atoms with van der Waals surface area (Å²) >= 11 is 3.35. The maximum atomic E-state index is 6.09. The Hall–Kier alpha value is -0.540. The summed E-state index contributed by atoms with van der Waals surface area (Å²) in [5.74, 6) is 0. The second kappa shape index (κ2) is 4.32. The van der Waals surface area contributed by atoms with Crippen molar-refractivity contribution in [2.24, 2.45) is 5.73 Å². The van der Waals surface area contributed by atoms with Crippen LogP contribution in [-0.4, -0.2) is 0 Å². The Kier molecular flexibility index (Phi) is 3.08. The zero-order valence-corrected chi connectivity index (χ0v) is 9.59. The molecule has 0 saturated carbocycles. The van der Waals surface area contributed by atoms with Gasteiger partial charge in [-0.1, -0.05) is 11.6 Å². The molecule has 0 saturated heterocycles. The third kappa shape index (κ3) is 2.10. The maximum absolute atomic E-state index is 6.09. The first-order valence-electron chi connectivity index (χ1n) is 4.94. The molecular formula is C11H14BrNO. The fourth-order valence-corrected chi connectivity index (χ4v) is 2.42. The van der Waals surface area contributed by atoms with Crippen molar-refractivity contribution < 1.29 is 4.42 Å². The van der Waals surface area contributed by atoms with Crippen LogP contribution in [0.2, 0.25) is 0 Å². The number of nitrogens with two attached hydrogens (primary N) is 1. The fraction of sp³-hybridized carbons (Fsp3) is 0.455. The average molecular weight is 256 g/mol. The quantitative estimate of drug-likeness (QED) is 0.840. The van der Waals surface area contributed by atoms with Crippen LogP contribution in [-0.2, 0) is 0 Å². The highest BCUT2D eigenvalue weighted by molar-refractivity contribution is 9.10. The molecule has 0 fully saturated rings. The standard InChI is InChI=1S/C11H14BrNO/c12-11-9(5-6-14-11)10(13)7-8-3-1-2-4-8/h3,5-6,10H,1-2,4,7,13H2. The minimum absolute atomic E-state index is 0.0625. The first-order valence-corrected chi connectivity index (χ1v) is 5.73. The van der Waals surface area contributed by atoms with E-state index in [0.29, 0.717) is 0 Å². The first-order chi connectivity index (χ1) is 6.77. The molecule has 1 aromatic heterocycles. The molecule has 1 heterocycles. The zero-order valence-electron chi connectivity index (χ0n) is 8.00. The molecule has 0 aliphatic heterocycles. The molecule has 2 rings (SSSR count). The minimum Gasteiger partial charge on any atom is -0.457 e. The van der Waals surface area contributed by atoms with E-state index in [1.54, 1.807) is 6.26 Å². The highest BCUT2D eigenvalue weighted by atomic mass is 79.9. The molecule has 1 atom stereocenters. The Labute approximate surface area is 92.3 Å². The maximum Gasteiger partial charge on any atom is 0.173 e. The van der Waals surface area contributed by atoms with Crippen LogP contribution in [0.3, 0.4) is 0 Å². The van der Waals surface area contributed by atoms with Crippen molar-refractivity contribution in [2.45, 2.75) is 31.7 Å². The van der Waals surface area contributed by atoms with Gasteiger partial charge in [-0.25, -0.2) is 0 Å². The van der Waals surface area contributed by atoms with Crippen LogP contribution < -0.4 is 5.73 Å². The largest absolute Gasteiger partial charge is 0.457 e. The lowest BCUT2D eigenvalue weighted by molar-refractivity contribution is 0.530. The Morgan fingerprint density at radius 1 is 1.57 bits per heavy atom. The smallest absolute Gasteiger partial charge is 0.173 e. The molecule has 2 nitrogen and oxygen atoms in total. The summed E-state index contributed by atoms with van der Waals surface area (Å²) in [5.41, 5.74) is 8.65. The summed E-state index contributed by atoms with van der Waals surface area (Å²) in [6.07, 6.45) is 8.65. The van der Waals surface area contributed by atoms with Gasteiger partial charge in [0.25, 0.3) is 0 Å². The van der Waals surface area contributed by atoms with Crippen molar-refractivity contribution >= 4 is 15.9 Å². The lowest BCUT2D eigenvalue weighted by Gasteiger charge is -2.10. The summed E-state index contributed by atoms with van der Waals surface area (Å²) in [5, 5.41) is 0. The number of allylic oxidation sites excluding steroid dienone is 1. The lowest BCUT2D eigenvalue weighted by Crippen LogP contribution is -2.10. The van der Waals surface area contributed by atoms with Crippen molar-refractivity contribution in [3.05, 3.63) is 34.2 Å². The summed E-state index contributed by atoms with van der Waals surface area (Å²) in [4.78, 5) is 0. The van der Waals surface area contributed by atoms with Crippen molar-refractivity contribution in [3.63, 3.8) is 0 Å². The summed E-state index contributed by atoms with van der Waals surface area (Å²) in [6.45, 7) is 0. The molecule has 1 unspecified atom stereocenters. The third-order valence-electron chi connectivity index (χ3n) is 2.66. The van der Waals surface area contributed by atoms with E-state index in [1.807, 2.05) is 6.07 Å². The number of hydrogen-bond donors (Lipinski definition) is 1. The van der Waals surface area contributed by atoms with Gasteiger partial charge < -0.3 is 10.2 Å². The molecule has 0 bridgehead atoms. The van der Waals surface area contributed by atoms with Gasteiger partial charge in [-0.05, 0) is 47.7 Å². The van der Waals surface area contributed by atoms with Crippen LogP contribution in [0.5, 0.6) is 0 Å². The Bertz CT molecular complexity index is 343. The molecule has 14 heavy (non-hydrogen) atoms. The molecule has 1 aliphatic rings. The average Bonchev–Trinajstić information content (AvgIpc) is 2.75. The second-order valence-electron chi connectivity index (χ2n) is 3.71. The number of hydrogen-bond acceptors (Lipinski definition) is 2. The molecule has 0 amide bonds.